The average Bonchev–Trinajstić information content (AvgIpc) is 3.20. The maximum atomic E-state index is 13.6. The Morgan fingerprint density at radius 1 is 1.00 bits per heavy atom. The molecular weight excluding hydrogens is 442 g/mol. The Hall–Kier alpha value is -3.58. The van der Waals surface area contributed by atoms with Gasteiger partial charge in [0.25, 0.3) is 5.56 Å². The molecule has 4 aromatic rings. The summed E-state index contributed by atoms with van der Waals surface area (Å²) in [4.78, 5) is 26.7. The van der Waals surface area contributed by atoms with Crippen LogP contribution in [0.4, 0.5) is 0 Å². The van der Waals surface area contributed by atoms with Gasteiger partial charge in [-0.2, -0.15) is 0 Å². The summed E-state index contributed by atoms with van der Waals surface area (Å²) < 4.78 is 17.1. The first-order valence-corrected chi connectivity index (χ1v) is 11.9. The smallest absolute Gasteiger partial charge is 0.331 e. The average molecular weight is 474 g/mol. The van der Waals surface area contributed by atoms with Gasteiger partial charge in [-0.1, -0.05) is 42.0 Å². The van der Waals surface area contributed by atoms with Gasteiger partial charge < -0.3 is 14.0 Å². The van der Waals surface area contributed by atoms with Crippen molar-refractivity contribution in [2.75, 3.05) is 13.2 Å². The van der Waals surface area contributed by atoms with Crippen LogP contribution in [0.3, 0.4) is 0 Å². The van der Waals surface area contributed by atoms with E-state index in [1.165, 1.54) is 11.6 Å². The lowest BCUT2D eigenvalue weighted by Crippen LogP contribution is -2.40. The quantitative estimate of drug-likeness (QED) is 0.444. The number of fused-ring (bicyclic) bond motifs is 3. The molecule has 0 saturated heterocycles. The SMILES string of the molecule is CCOc1ccc([C@@H]2OCC(C)(C)n3c(-c4ccc(C)cc4)c4c(=O)n(C)c(=O)n(C)c4c32)cc1. The van der Waals surface area contributed by atoms with Crippen molar-refractivity contribution >= 4 is 10.9 Å². The zero-order valence-corrected chi connectivity index (χ0v) is 21.1. The maximum Gasteiger partial charge on any atom is 0.331 e. The van der Waals surface area contributed by atoms with Crippen LogP contribution in [0.2, 0.25) is 0 Å². The van der Waals surface area contributed by atoms with Crippen molar-refractivity contribution in [3.05, 3.63) is 86.2 Å². The van der Waals surface area contributed by atoms with Crippen molar-refractivity contribution in [1.29, 1.82) is 0 Å². The fourth-order valence-corrected chi connectivity index (χ4v) is 5.14. The standard InChI is InChI=1S/C28H31N3O4/c1-7-34-20-14-12-19(13-15-20)25-24-23-21(26(32)30(6)27(33)29(23)5)22(18-10-8-17(2)9-11-18)31(24)28(3,4)16-35-25/h8-15,25H,7,16H2,1-6H3/t25-/m0/s1. The van der Waals surface area contributed by atoms with Gasteiger partial charge in [-0.25, -0.2) is 4.79 Å². The Labute approximate surface area is 204 Å². The Morgan fingerprint density at radius 2 is 1.66 bits per heavy atom. The molecule has 0 fully saturated rings. The number of hydrogen-bond acceptors (Lipinski definition) is 4. The first kappa shape index (κ1) is 23.2. The van der Waals surface area contributed by atoms with Crippen LogP contribution in [-0.4, -0.2) is 26.9 Å². The molecule has 7 heteroatoms. The fraction of sp³-hybridized carbons (Fsp3) is 0.357. The maximum absolute atomic E-state index is 13.6. The first-order valence-electron chi connectivity index (χ1n) is 11.9. The van der Waals surface area contributed by atoms with Crippen molar-refractivity contribution < 1.29 is 9.47 Å². The Balaban J connectivity index is 1.91. The molecule has 0 aliphatic carbocycles. The minimum absolute atomic E-state index is 0.304. The van der Waals surface area contributed by atoms with Crippen LogP contribution < -0.4 is 16.0 Å². The van der Waals surface area contributed by atoms with Crippen LogP contribution >= 0.6 is 0 Å². The second-order valence-corrected chi connectivity index (χ2v) is 9.87. The molecule has 182 valence electrons. The van der Waals surface area contributed by atoms with E-state index < -0.39 is 11.6 Å². The number of nitrogens with zero attached hydrogens (tertiary/aromatic N) is 3. The van der Waals surface area contributed by atoms with E-state index in [-0.39, 0.29) is 11.2 Å². The van der Waals surface area contributed by atoms with Gasteiger partial charge in [-0.15, -0.1) is 0 Å². The largest absolute Gasteiger partial charge is 0.494 e. The summed E-state index contributed by atoms with van der Waals surface area (Å²) in [6.45, 7) is 9.23. The molecule has 2 aromatic heterocycles. The summed E-state index contributed by atoms with van der Waals surface area (Å²) >= 11 is 0. The lowest BCUT2D eigenvalue weighted by Gasteiger charge is -2.39. The van der Waals surface area contributed by atoms with Gasteiger partial charge in [0.2, 0.25) is 0 Å². The summed E-state index contributed by atoms with van der Waals surface area (Å²) in [5.41, 5.74) is 4.14. The highest BCUT2D eigenvalue weighted by Gasteiger charge is 2.40. The van der Waals surface area contributed by atoms with Crippen molar-refractivity contribution in [3.8, 4) is 17.0 Å². The molecular formula is C28H31N3O4. The molecule has 0 saturated carbocycles. The van der Waals surface area contributed by atoms with E-state index >= 15 is 0 Å². The van der Waals surface area contributed by atoms with Crippen LogP contribution in [0.15, 0.2) is 58.1 Å². The highest BCUT2D eigenvalue weighted by atomic mass is 16.5. The van der Waals surface area contributed by atoms with Gasteiger partial charge >= 0.3 is 5.69 Å². The molecule has 0 radical (unpaired) electrons. The molecule has 3 heterocycles. The second kappa shape index (κ2) is 8.27. The van der Waals surface area contributed by atoms with Gasteiger partial charge in [0, 0.05) is 14.1 Å². The van der Waals surface area contributed by atoms with Gasteiger partial charge in [0.05, 0.1) is 41.0 Å². The predicted molar refractivity (Wildman–Crippen MR) is 137 cm³/mol. The minimum atomic E-state index is -0.447. The zero-order chi connectivity index (χ0) is 25.1. The number of ether oxygens (including phenoxy) is 2. The summed E-state index contributed by atoms with van der Waals surface area (Å²) in [6.07, 6.45) is -0.446. The molecule has 0 spiro atoms. The number of aryl methyl sites for hydroxylation is 2. The summed E-state index contributed by atoms with van der Waals surface area (Å²) in [5, 5.41) is 0.531. The van der Waals surface area contributed by atoms with Gasteiger partial charge in [0.1, 0.15) is 11.9 Å². The molecule has 0 bridgehead atoms. The Kier molecular flexibility index (Phi) is 5.48. The third-order valence-electron chi connectivity index (χ3n) is 6.88. The van der Waals surface area contributed by atoms with Crippen molar-refractivity contribution in [2.24, 2.45) is 14.1 Å². The van der Waals surface area contributed by atoms with E-state index in [9.17, 15) is 9.59 Å². The molecule has 1 atom stereocenters. The number of hydrogen-bond donors (Lipinski definition) is 0. The van der Waals surface area contributed by atoms with Crippen LogP contribution in [0.5, 0.6) is 5.75 Å². The number of aromatic nitrogens is 3. The zero-order valence-electron chi connectivity index (χ0n) is 21.1. The van der Waals surface area contributed by atoms with Crippen LogP contribution in [0, 0.1) is 6.92 Å². The van der Waals surface area contributed by atoms with E-state index in [0.29, 0.717) is 24.1 Å². The lowest BCUT2D eigenvalue weighted by molar-refractivity contribution is -0.00709. The fourth-order valence-electron chi connectivity index (χ4n) is 5.14. The Bertz CT molecular complexity index is 1540. The topological polar surface area (TPSA) is 67.4 Å². The molecule has 5 rings (SSSR count). The van der Waals surface area contributed by atoms with E-state index in [1.54, 1.807) is 11.6 Å². The van der Waals surface area contributed by atoms with Crippen LogP contribution in [-0.2, 0) is 24.4 Å². The highest BCUT2D eigenvalue weighted by molar-refractivity contribution is 5.96. The van der Waals surface area contributed by atoms with E-state index in [4.69, 9.17) is 9.47 Å². The molecule has 35 heavy (non-hydrogen) atoms. The van der Waals surface area contributed by atoms with Crippen LogP contribution in [0.1, 0.15) is 43.7 Å². The van der Waals surface area contributed by atoms with Crippen LogP contribution in [0.25, 0.3) is 22.2 Å². The molecule has 0 unspecified atom stereocenters. The molecule has 0 N–H and O–H groups in total. The molecule has 2 aromatic carbocycles. The first-order chi connectivity index (χ1) is 16.7. The Morgan fingerprint density at radius 3 is 2.29 bits per heavy atom. The number of rotatable bonds is 4. The molecule has 1 aliphatic heterocycles. The van der Waals surface area contributed by atoms with Crippen molar-refractivity contribution in [1.82, 2.24) is 13.7 Å². The van der Waals surface area contributed by atoms with Crippen molar-refractivity contribution in [3.63, 3.8) is 0 Å². The lowest BCUT2D eigenvalue weighted by atomic mass is 9.98. The van der Waals surface area contributed by atoms with Gasteiger partial charge in [-0.05, 0) is 51.0 Å². The van der Waals surface area contributed by atoms with E-state index in [1.807, 2.05) is 62.4 Å². The minimum Gasteiger partial charge on any atom is -0.494 e. The third kappa shape index (κ3) is 3.53. The van der Waals surface area contributed by atoms with E-state index in [0.717, 1.165) is 33.8 Å². The summed E-state index contributed by atoms with van der Waals surface area (Å²) in [6, 6.07) is 16.0. The molecule has 7 nitrogen and oxygen atoms in total. The summed E-state index contributed by atoms with van der Waals surface area (Å²) in [5.74, 6) is 0.786. The monoisotopic (exact) mass is 473 g/mol. The third-order valence-corrected chi connectivity index (χ3v) is 6.88. The highest BCUT2D eigenvalue weighted by Crippen LogP contribution is 2.45. The molecule has 1 aliphatic rings. The van der Waals surface area contributed by atoms with Crippen molar-refractivity contribution in [2.45, 2.75) is 39.3 Å². The van der Waals surface area contributed by atoms with Gasteiger partial charge in [0.15, 0.2) is 0 Å². The molecule has 0 amide bonds. The second-order valence-electron chi connectivity index (χ2n) is 9.87. The summed E-state index contributed by atoms with van der Waals surface area (Å²) in [7, 11) is 3.26. The normalized spacial score (nSPS) is 16.9. The van der Waals surface area contributed by atoms with E-state index in [2.05, 4.69) is 18.4 Å². The van der Waals surface area contributed by atoms with Gasteiger partial charge in [-0.3, -0.25) is 13.9 Å². The predicted octanol–water partition coefficient (Wildman–Crippen LogP) is 4.27. The number of benzene rings is 2.